The van der Waals surface area contributed by atoms with Gasteiger partial charge in [-0.05, 0) is 38.8 Å². The van der Waals surface area contributed by atoms with Crippen molar-refractivity contribution in [3.05, 3.63) is 5.51 Å². The van der Waals surface area contributed by atoms with Gasteiger partial charge in [0.2, 0.25) is 5.13 Å². The van der Waals surface area contributed by atoms with E-state index in [1.807, 2.05) is 4.90 Å². The minimum atomic E-state index is -0.0427. The Kier molecular flexibility index (Phi) is 4.47. The van der Waals surface area contributed by atoms with E-state index in [-0.39, 0.29) is 6.03 Å². The molecule has 0 aromatic carbocycles. The number of hydrogen-bond acceptors (Lipinski definition) is 5. The summed E-state index contributed by atoms with van der Waals surface area (Å²) >= 11 is 1.35. The van der Waals surface area contributed by atoms with E-state index in [0.29, 0.717) is 11.2 Å². The van der Waals surface area contributed by atoms with Gasteiger partial charge in [0.05, 0.1) is 0 Å². The topological polar surface area (TPSA) is 61.4 Å². The molecule has 1 aromatic rings. The number of hydrogen-bond donors (Lipinski definition) is 1. The second kappa shape index (κ2) is 6.49. The number of carbonyl (C=O) groups excluding carboxylic acids is 1. The molecule has 0 aliphatic carbocycles. The number of anilines is 1. The van der Waals surface area contributed by atoms with E-state index >= 15 is 0 Å². The second-order valence-corrected chi connectivity index (χ2v) is 6.32. The summed E-state index contributed by atoms with van der Waals surface area (Å²) in [4.78, 5) is 16.6. The molecule has 1 aromatic heterocycles. The van der Waals surface area contributed by atoms with Crippen molar-refractivity contribution in [1.29, 1.82) is 0 Å². The summed E-state index contributed by atoms with van der Waals surface area (Å²) < 4.78 is 0. The fraction of sp³-hybridized carbons (Fsp3) is 0.769. The van der Waals surface area contributed by atoms with Gasteiger partial charge in [-0.15, -0.1) is 10.2 Å². The molecule has 0 bridgehead atoms. The van der Waals surface area contributed by atoms with Gasteiger partial charge in [-0.25, -0.2) is 4.79 Å². The zero-order chi connectivity index (χ0) is 13.8. The maximum absolute atomic E-state index is 12.1. The van der Waals surface area contributed by atoms with Gasteiger partial charge >= 0.3 is 6.03 Å². The Balaban J connectivity index is 1.46. The first-order valence-corrected chi connectivity index (χ1v) is 8.27. The Morgan fingerprint density at radius 2 is 1.95 bits per heavy atom. The maximum atomic E-state index is 12.1. The lowest BCUT2D eigenvalue weighted by atomic mass is 10.0. The van der Waals surface area contributed by atoms with Crippen LogP contribution in [0.3, 0.4) is 0 Å². The largest absolute Gasteiger partial charge is 0.324 e. The minimum Gasteiger partial charge on any atom is -0.324 e. The lowest BCUT2D eigenvalue weighted by Gasteiger charge is -2.40. The third-order valence-electron chi connectivity index (χ3n) is 4.23. The molecule has 0 saturated carbocycles. The zero-order valence-corrected chi connectivity index (χ0v) is 12.4. The molecule has 110 valence electrons. The SMILES string of the molecule is O=C(Nc1nncs1)N1CCC(N2CCCCC2)CC1. The Morgan fingerprint density at radius 1 is 1.20 bits per heavy atom. The number of rotatable bonds is 2. The van der Waals surface area contributed by atoms with Gasteiger partial charge in [0.1, 0.15) is 5.51 Å². The van der Waals surface area contributed by atoms with Crippen LogP contribution in [-0.2, 0) is 0 Å². The second-order valence-electron chi connectivity index (χ2n) is 5.49. The summed E-state index contributed by atoms with van der Waals surface area (Å²) in [7, 11) is 0. The van der Waals surface area contributed by atoms with E-state index in [4.69, 9.17) is 0 Å². The Labute approximate surface area is 123 Å². The summed E-state index contributed by atoms with van der Waals surface area (Å²) in [6.07, 6.45) is 6.21. The maximum Gasteiger partial charge on any atom is 0.323 e. The van der Waals surface area contributed by atoms with Crippen LogP contribution in [0.5, 0.6) is 0 Å². The van der Waals surface area contributed by atoms with Crippen molar-refractivity contribution in [1.82, 2.24) is 20.0 Å². The Morgan fingerprint density at radius 3 is 2.60 bits per heavy atom. The molecule has 2 saturated heterocycles. The molecule has 3 rings (SSSR count). The molecule has 20 heavy (non-hydrogen) atoms. The number of aromatic nitrogens is 2. The molecule has 0 atom stereocenters. The molecule has 7 heteroatoms. The highest BCUT2D eigenvalue weighted by molar-refractivity contribution is 7.13. The predicted molar refractivity (Wildman–Crippen MR) is 78.9 cm³/mol. The first-order chi connectivity index (χ1) is 9.83. The highest BCUT2D eigenvalue weighted by Crippen LogP contribution is 2.21. The number of amides is 2. The molecule has 0 radical (unpaired) electrons. The average molecular weight is 295 g/mol. The fourth-order valence-corrected chi connectivity index (χ4v) is 3.55. The predicted octanol–water partition coefficient (Wildman–Crippen LogP) is 2.02. The van der Waals surface area contributed by atoms with Gasteiger partial charge in [-0.2, -0.15) is 0 Å². The smallest absolute Gasteiger partial charge is 0.323 e. The van der Waals surface area contributed by atoms with Gasteiger partial charge in [0, 0.05) is 19.1 Å². The fourth-order valence-electron chi connectivity index (χ4n) is 3.12. The van der Waals surface area contributed by atoms with E-state index in [2.05, 4.69) is 20.4 Å². The first kappa shape index (κ1) is 13.8. The first-order valence-electron chi connectivity index (χ1n) is 7.39. The van der Waals surface area contributed by atoms with E-state index < -0.39 is 0 Å². The molecule has 3 heterocycles. The van der Waals surface area contributed by atoms with Crippen molar-refractivity contribution in [2.45, 2.75) is 38.1 Å². The van der Waals surface area contributed by atoms with Gasteiger partial charge < -0.3 is 9.80 Å². The molecule has 2 aliphatic rings. The average Bonchev–Trinajstić information content (AvgIpc) is 3.01. The number of nitrogens with one attached hydrogen (secondary N) is 1. The molecule has 0 unspecified atom stereocenters. The van der Waals surface area contributed by atoms with Gasteiger partial charge in [0.25, 0.3) is 0 Å². The van der Waals surface area contributed by atoms with Crippen molar-refractivity contribution in [2.24, 2.45) is 0 Å². The third kappa shape index (κ3) is 3.27. The van der Waals surface area contributed by atoms with Crippen LogP contribution in [0.1, 0.15) is 32.1 Å². The monoisotopic (exact) mass is 295 g/mol. The van der Waals surface area contributed by atoms with Gasteiger partial charge in [-0.1, -0.05) is 17.8 Å². The van der Waals surface area contributed by atoms with Crippen LogP contribution in [0.4, 0.5) is 9.93 Å². The zero-order valence-electron chi connectivity index (χ0n) is 11.6. The van der Waals surface area contributed by atoms with Crippen LogP contribution >= 0.6 is 11.3 Å². The molecule has 0 spiro atoms. The van der Waals surface area contributed by atoms with E-state index in [9.17, 15) is 4.79 Å². The Bertz CT molecular complexity index is 424. The summed E-state index contributed by atoms with van der Waals surface area (Å²) in [5.74, 6) is 0. The van der Waals surface area contributed by atoms with Crippen molar-refractivity contribution < 1.29 is 4.79 Å². The molecule has 2 aliphatic heterocycles. The number of piperidine rings is 2. The van der Waals surface area contributed by atoms with Crippen molar-refractivity contribution in [2.75, 3.05) is 31.5 Å². The highest BCUT2D eigenvalue weighted by Gasteiger charge is 2.27. The quantitative estimate of drug-likeness (QED) is 0.907. The summed E-state index contributed by atoms with van der Waals surface area (Å²) in [5.41, 5.74) is 1.62. The van der Waals surface area contributed by atoms with Crippen LogP contribution in [0.2, 0.25) is 0 Å². The normalized spacial score (nSPS) is 21.9. The lowest BCUT2D eigenvalue weighted by molar-refractivity contribution is 0.104. The number of carbonyl (C=O) groups is 1. The third-order valence-corrected chi connectivity index (χ3v) is 4.84. The summed E-state index contributed by atoms with van der Waals surface area (Å²) in [5, 5.41) is 10.9. The minimum absolute atomic E-state index is 0.0427. The number of nitrogens with zero attached hydrogens (tertiary/aromatic N) is 4. The lowest BCUT2D eigenvalue weighted by Crippen LogP contribution is -2.49. The summed E-state index contributed by atoms with van der Waals surface area (Å²) in [6, 6.07) is 0.625. The molecule has 6 nitrogen and oxygen atoms in total. The van der Waals surface area contributed by atoms with E-state index in [0.717, 1.165) is 25.9 Å². The van der Waals surface area contributed by atoms with E-state index in [1.54, 1.807) is 5.51 Å². The molecular weight excluding hydrogens is 274 g/mol. The molecule has 1 N–H and O–H groups in total. The molecule has 2 amide bonds. The van der Waals surface area contributed by atoms with Gasteiger partial charge in [-0.3, -0.25) is 5.32 Å². The number of urea groups is 1. The summed E-state index contributed by atoms with van der Waals surface area (Å²) in [6.45, 7) is 4.15. The van der Waals surface area contributed by atoms with Crippen LogP contribution < -0.4 is 5.32 Å². The standard InChI is InChI=1S/C13H21N5OS/c19-13(15-12-16-14-10-20-12)18-8-4-11(5-9-18)17-6-2-1-3-7-17/h10-11H,1-9H2,(H,15,16,19). The van der Waals surface area contributed by atoms with Crippen LogP contribution in [0, 0.1) is 0 Å². The van der Waals surface area contributed by atoms with Crippen molar-refractivity contribution in [3.63, 3.8) is 0 Å². The van der Waals surface area contributed by atoms with Crippen molar-refractivity contribution >= 4 is 22.5 Å². The Hall–Kier alpha value is -1.21. The van der Waals surface area contributed by atoms with Crippen molar-refractivity contribution in [3.8, 4) is 0 Å². The van der Waals surface area contributed by atoms with Gasteiger partial charge in [0.15, 0.2) is 0 Å². The molecular formula is C13H21N5OS. The van der Waals surface area contributed by atoms with Crippen LogP contribution in [0.15, 0.2) is 5.51 Å². The highest BCUT2D eigenvalue weighted by atomic mass is 32.1. The van der Waals surface area contributed by atoms with E-state index in [1.165, 1.54) is 43.7 Å². The van der Waals surface area contributed by atoms with Crippen LogP contribution in [0.25, 0.3) is 0 Å². The molecule has 2 fully saturated rings. The van der Waals surface area contributed by atoms with Crippen LogP contribution in [-0.4, -0.2) is 58.2 Å². The number of likely N-dealkylation sites (tertiary alicyclic amines) is 2.